The van der Waals surface area contributed by atoms with Crippen LogP contribution in [0.15, 0.2) is 71.8 Å². The van der Waals surface area contributed by atoms with Gasteiger partial charge in [0.25, 0.3) is 0 Å². The van der Waals surface area contributed by atoms with Crippen molar-refractivity contribution in [2.75, 3.05) is 12.4 Å². The maximum Gasteiger partial charge on any atom is 0.191 e. The van der Waals surface area contributed by atoms with Crippen molar-refractivity contribution in [2.24, 2.45) is 5.10 Å². The van der Waals surface area contributed by atoms with Crippen LogP contribution in [0.5, 0.6) is 17.2 Å². The first-order valence-electron chi connectivity index (χ1n) is 11.1. The lowest BCUT2D eigenvalue weighted by Crippen LogP contribution is -2.37. The summed E-state index contributed by atoms with van der Waals surface area (Å²) in [7, 11) is 1.64. The molecule has 0 amide bonds. The summed E-state index contributed by atoms with van der Waals surface area (Å²) in [6, 6.07) is 21.6. The van der Waals surface area contributed by atoms with Gasteiger partial charge in [-0.3, -0.25) is 5.43 Å². The number of ether oxygens (including phenoxy) is 3. The molecular formula is C27H29N3O3S. The van der Waals surface area contributed by atoms with E-state index >= 15 is 0 Å². The minimum absolute atomic E-state index is 0.387. The fraction of sp³-hybridized carbons (Fsp3) is 0.259. The first-order valence-corrected chi connectivity index (χ1v) is 11.5. The Hall–Kier alpha value is -3.58. The van der Waals surface area contributed by atoms with Crippen molar-refractivity contribution in [2.45, 2.75) is 39.4 Å². The lowest BCUT2D eigenvalue weighted by molar-refractivity contribution is 0.111. The molecule has 3 aromatic carbocycles. The average molecular weight is 476 g/mol. The predicted octanol–water partition coefficient (Wildman–Crippen LogP) is 5.83. The van der Waals surface area contributed by atoms with E-state index in [-0.39, 0.29) is 5.60 Å². The number of nitrogens with one attached hydrogen (secondary N) is 2. The van der Waals surface area contributed by atoms with E-state index in [2.05, 4.69) is 34.9 Å². The second-order valence-electron chi connectivity index (χ2n) is 8.76. The summed E-state index contributed by atoms with van der Waals surface area (Å²) in [5.74, 6) is 2.32. The molecule has 34 heavy (non-hydrogen) atoms. The third-order valence-corrected chi connectivity index (χ3v) is 5.73. The van der Waals surface area contributed by atoms with E-state index in [1.54, 1.807) is 7.11 Å². The quantitative estimate of drug-likeness (QED) is 0.345. The average Bonchev–Trinajstić information content (AvgIpc) is 2.82. The zero-order valence-corrected chi connectivity index (χ0v) is 20.7. The fourth-order valence-corrected chi connectivity index (χ4v) is 3.89. The Bertz CT molecular complexity index is 1210. The molecule has 0 unspecified atom stereocenters. The summed E-state index contributed by atoms with van der Waals surface area (Å²) in [6.45, 7) is 6.67. The fourth-order valence-electron chi connectivity index (χ4n) is 3.73. The third kappa shape index (κ3) is 5.85. The smallest absolute Gasteiger partial charge is 0.191 e. The normalized spacial score (nSPS) is 15.1. The van der Waals surface area contributed by atoms with Crippen LogP contribution in [-0.2, 0) is 6.61 Å². The van der Waals surface area contributed by atoms with Crippen LogP contribution in [0.1, 0.15) is 37.0 Å². The second kappa shape index (κ2) is 10.1. The molecule has 0 aliphatic carbocycles. The Morgan fingerprint density at radius 3 is 2.53 bits per heavy atom. The molecule has 1 aliphatic rings. The van der Waals surface area contributed by atoms with Crippen molar-refractivity contribution in [1.82, 2.24) is 5.43 Å². The van der Waals surface area contributed by atoms with E-state index in [1.165, 1.54) is 5.56 Å². The highest BCUT2D eigenvalue weighted by atomic mass is 32.1. The molecule has 1 heterocycles. The lowest BCUT2D eigenvalue weighted by atomic mass is 9.92. The summed E-state index contributed by atoms with van der Waals surface area (Å²) >= 11 is 5.44. The van der Waals surface area contributed by atoms with Gasteiger partial charge in [0.05, 0.1) is 12.8 Å². The number of fused-ring (bicyclic) bond motifs is 1. The van der Waals surface area contributed by atoms with Gasteiger partial charge >= 0.3 is 0 Å². The van der Waals surface area contributed by atoms with E-state index in [4.69, 9.17) is 26.4 Å². The third-order valence-electron chi connectivity index (χ3n) is 5.54. The predicted molar refractivity (Wildman–Crippen MR) is 140 cm³/mol. The molecule has 0 aromatic heterocycles. The van der Waals surface area contributed by atoms with Crippen LogP contribution in [0.3, 0.4) is 0 Å². The number of hydrazone groups is 1. The Labute approximate surface area is 205 Å². The van der Waals surface area contributed by atoms with Gasteiger partial charge in [-0.05, 0) is 86.6 Å². The summed E-state index contributed by atoms with van der Waals surface area (Å²) in [4.78, 5) is 0. The van der Waals surface area contributed by atoms with Gasteiger partial charge < -0.3 is 19.5 Å². The maximum absolute atomic E-state index is 6.19. The molecule has 0 radical (unpaired) electrons. The Morgan fingerprint density at radius 2 is 1.79 bits per heavy atom. The zero-order chi connectivity index (χ0) is 24.1. The van der Waals surface area contributed by atoms with Crippen molar-refractivity contribution in [3.63, 3.8) is 0 Å². The monoisotopic (exact) mass is 475 g/mol. The van der Waals surface area contributed by atoms with Crippen molar-refractivity contribution < 1.29 is 14.2 Å². The highest BCUT2D eigenvalue weighted by Crippen LogP contribution is 2.35. The highest BCUT2D eigenvalue weighted by molar-refractivity contribution is 7.80. The molecule has 1 aliphatic heterocycles. The van der Waals surface area contributed by atoms with Gasteiger partial charge in [-0.2, -0.15) is 5.10 Å². The van der Waals surface area contributed by atoms with Crippen LogP contribution < -0.4 is 25.0 Å². The van der Waals surface area contributed by atoms with Gasteiger partial charge in [0.1, 0.15) is 29.5 Å². The molecule has 2 N–H and O–H groups in total. The molecular weight excluding hydrogens is 446 g/mol. The Morgan fingerprint density at radius 1 is 1.06 bits per heavy atom. The molecule has 0 saturated heterocycles. The summed E-state index contributed by atoms with van der Waals surface area (Å²) in [5, 5.41) is 8.16. The SMILES string of the molecule is COc1ccc(NC(=S)N/N=C2/CC(C)(C)Oc3ccc(OCc4ccccc4C)cc32)cc1. The van der Waals surface area contributed by atoms with E-state index in [0.29, 0.717) is 18.1 Å². The maximum atomic E-state index is 6.19. The lowest BCUT2D eigenvalue weighted by Gasteiger charge is -2.33. The number of anilines is 1. The van der Waals surface area contributed by atoms with Gasteiger partial charge in [0.15, 0.2) is 5.11 Å². The summed E-state index contributed by atoms with van der Waals surface area (Å²) in [5.41, 5.74) is 7.53. The molecule has 6 nitrogen and oxygen atoms in total. The van der Waals surface area contributed by atoms with Crippen molar-refractivity contribution in [1.29, 1.82) is 0 Å². The van der Waals surface area contributed by atoms with Gasteiger partial charge in [0.2, 0.25) is 0 Å². The number of rotatable bonds is 6. The van der Waals surface area contributed by atoms with Gasteiger partial charge in [-0.1, -0.05) is 24.3 Å². The van der Waals surface area contributed by atoms with E-state index in [1.807, 2.05) is 68.4 Å². The zero-order valence-electron chi connectivity index (χ0n) is 19.8. The number of hydrogen-bond acceptors (Lipinski definition) is 5. The number of thiocarbonyl (C=S) groups is 1. The number of methoxy groups -OCH3 is 1. The van der Waals surface area contributed by atoms with E-state index in [9.17, 15) is 0 Å². The molecule has 0 fully saturated rings. The van der Waals surface area contributed by atoms with Gasteiger partial charge in [0, 0.05) is 17.7 Å². The molecule has 3 aromatic rings. The van der Waals surface area contributed by atoms with Crippen LogP contribution in [0, 0.1) is 6.92 Å². The number of nitrogens with zero attached hydrogens (tertiary/aromatic N) is 1. The standard InChI is InChI=1S/C27H29N3O3S/c1-18-7-5-6-8-19(18)17-32-22-13-14-25-23(15-22)24(16-27(2,3)33-25)29-30-26(34)28-20-9-11-21(31-4)12-10-20/h5-15H,16-17H2,1-4H3,(H2,28,30,34)/b29-24-. The second-order valence-corrected chi connectivity index (χ2v) is 9.17. The van der Waals surface area contributed by atoms with Crippen molar-refractivity contribution >= 4 is 28.7 Å². The number of hydrogen-bond donors (Lipinski definition) is 2. The molecule has 0 atom stereocenters. The highest BCUT2D eigenvalue weighted by Gasteiger charge is 2.31. The number of aryl methyl sites for hydroxylation is 1. The van der Waals surface area contributed by atoms with Gasteiger partial charge in [-0.25, -0.2) is 0 Å². The van der Waals surface area contributed by atoms with Crippen LogP contribution in [0.2, 0.25) is 0 Å². The molecule has 7 heteroatoms. The van der Waals surface area contributed by atoms with Gasteiger partial charge in [-0.15, -0.1) is 0 Å². The van der Waals surface area contributed by atoms with Crippen LogP contribution in [0.4, 0.5) is 5.69 Å². The van der Waals surface area contributed by atoms with Crippen LogP contribution >= 0.6 is 12.2 Å². The molecule has 4 rings (SSSR count). The van der Waals surface area contributed by atoms with Crippen molar-refractivity contribution in [3.8, 4) is 17.2 Å². The minimum atomic E-state index is -0.387. The van der Waals surface area contributed by atoms with Crippen LogP contribution in [-0.4, -0.2) is 23.5 Å². The Kier molecular flexibility index (Phi) is 7.03. The number of benzene rings is 3. The summed E-state index contributed by atoms with van der Waals surface area (Å²) < 4.78 is 17.5. The largest absolute Gasteiger partial charge is 0.497 e. The first kappa shape index (κ1) is 23.6. The molecule has 0 spiro atoms. The Balaban J connectivity index is 1.49. The topological polar surface area (TPSA) is 64.1 Å². The molecule has 0 saturated carbocycles. The van der Waals surface area contributed by atoms with Crippen LogP contribution in [0.25, 0.3) is 0 Å². The van der Waals surface area contributed by atoms with E-state index < -0.39 is 0 Å². The minimum Gasteiger partial charge on any atom is -0.497 e. The summed E-state index contributed by atoms with van der Waals surface area (Å²) in [6.07, 6.45) is 0.624. The first-order chi connectivity index (χ1) is 16.3. The van der Waals surface area contributed by atoms with Crippen molar-refractivity contribution in [3.05, 3.63) is 83.4 Å². The molecule has 176 valence electrons. The molecule has 0 bridgehead atoms. The van der Waals surface area contributed by atoms with E-state index in [0.717, 1.165) is 39.8 Å².